The van der Waals surface area contributed by atoms with Crippen LogP contribution in [0.4, 0.5) is 13.2 Å². The SMILES string of the molecule is CSc1ccc(-n2nc3c(=O)n(Cc4ccc(C(F)(F)F)cc4)nc-3cc2-c2ccc(Br)cc2Cl)cc1. The second-order valence-corrected chi connectivity index (χ2v) is 10.4. The van der Waals surface area contributed by atoms with Crippen molar-refractivity contribution in [2.45, 2.75) is 17.6 Å². The van der Waals surface area contributed by atoms with Crippen molar-refractivity contribution >= 4 is 39.3 Å². The van der Waals surface area contributed by atoms with E-state index < -0.39 is 17.3 Å². The van der Waals surface area contributed by atoms with Gasteiger partial charge in [-0.15, -0.1) is 11.8 Å². The number of fused-ring (bicyclic) bond motifs is 1. The summed E-state index contributed by atoms with van der Waals surface area (Å²) in [7, 11) is 0. The Kier molecular flexibility index (Phi) is 6.91. The molecule has 0 aromatic heterocycles. The zero-order valence-electron chi connectivity index (χ0n) is 19.1. The maximum atomic E-state index is 13.2. The van der Waals surface area contributed by atoms with Crippen LogP contribution in [0.25, 0.3) is 28.3 Å². The molecule has 5 nitrogen and oxygen atoms in total. The predicted octanol–water partition coefficient (Wildman–Crippen LogP) is 7.41. The first-order valence-corrected chi connectivity index (χ1v) is 13.3. The smallest absolute Gasteiger partial charge is 0.265 e. The number of benzene rings is 3. The number of hydrogen-bond acceptors (Lipinski definition) is 4. The van der Waals surface area contributed by atoms with Crippen LogP contribution >= 0.6 is 39.3 Å². The van der Waals surface area contributed by atoms with Gasteiger partial charge in [-0.05, 0) is 66.4 Å². The molecule has 0 saturated carbocycles. The van der Waals surface area contributed by atoms with Gasteiger partial charge in [-0.2, -0.15) is 23.4 Å². The first kappa shape index (κ1) is 25.6. The Morgan fingerprint density at radius 1 is 0.973 bits per heavy atom. The average molecular weight is 606 g/mol. The number of thioether (sulfide) groups is 1. The minimum Gasteiger partial charge on any atom is -0.265 e. The van der Waals surface area contributed by atoms with Crippen LogP contribution in [0.3, 0.4) is 0 Å². The van der Waals surface area contributed by atoms with E-state index in [2.05, 4.69) is 26.1 Å². The molecular formula is C26H17BrClF3N4OS. The molecule has 2 heterocycles. The van der Waals surface area contributed by atoms with E-state index >= 15 is 0 Å². The van der Waals surface area contributed by atoms with Gasteiger partial charge in [-0.1, -0.05) is 45.7 Å². The average Bonchev–Trinajstić information content (AvgIpc) is 3.17. The normalized spacial score (nSPS) is 11.8. The highest BCUT2D eigenvalue weighted by Gasteiger charge is 2.30. The van der Waals surface area contributed by atoms with E-state index in [0.717, 1.165) is 27.2 Å². The van der Waals surface area contributed by atoms with Gasteiger partial charge in [0.05, 0.1) is 28.5 Å². The molecule has 0 fully saturated rings. The third-order valence-corrected chi connectivity index (χ3v) is 7.30. The highest BCUT2D eigenvalue weighted by atomic mass is 79.9. The molecule has 2 aliphatic heterocycles. The van der Waals surface area contributed by atoms with Crippen LogP contribution in [0, 0.1) is 0 Å². The summed E-state index contributed by atoms with van der Waals surface area (Å²) in [5.41, 5.74) is 1.84. The minimum absolute atomic E-state index is 0.00409. The number of hydrogen-bond donors (Lipinski definition) is 0. The van der Waals surface area contributed by atoms with Crippen molar-refractivity contribution in [1.29, 1.82) is 0 Å². The molecule has 0 amide bonds. The lowest BCUT2D eigenvalue weighted by Gasteiger charge is -2.15. The molecule has 37 heavy (non-hydrogen) atoms. The Labute approximate surface area is 227 Å². The van der Waals surface area contributed by atoms with Crippen molar-refractivity contribution in [2.24, 2.45) is 0 Å². The second-order valence-electron chi connectivity index (χ2n) is 8.15. The van der Waals surface area contributed by atoms with Crippen molar-refractivity contribution in [2.75, 3.05) is 6.26 Å². The van der Waals surface area contributed by atoms with Gasteiger partial charge >= 0.3 is 6.18 Å². The Hall–Kier alpha value is -3.08. The van der Waals surface area contributed by atoms with Crippen LogP contribution in [-0.2, 0) is 12.7 Å². The van der Waals surface area contributed by atoms with Gasteiger partial charge in [0.25, 0.3) is 5.56 Å². The molecule has 3 aromatic carbocycles. The fraction of sp³-hybridized carbons (Fsp3) is 0.115. The van der Waals surface area contributed by atoms with Gasteiger partial charge in [0, 0.05) is 14.9 Å². The summed E-state index contributed by atoms with van der Waals surface area (Å²) >= 11 is 11.6. The van der Waals surface area contributed by atoms with Crippen LogP contribution in [0.5, 0.6) is 0 Å². The van der Waals surface area contributed by atoms with Crippen LogP contribution < -0.4 is 5.56 Å². The topological polar surface area (TPSA) is 52.7 Å². The van der Waals surface area contributed by atoms with E-state index in [1.807, 2.05) is 42.7 Å². The lowest BCUT2D eigenvalue weighted by Crippen LogP contribution is -2.19. The third kappa shape index (κ3) is 5.18. The summed E-state index contributed by atoms with van der Waals surface area (Å²) in [6.07, 6.45) is -2.45. The summed E-state index contributed by atoms with van der Waals surface area (Å²) < 4.78 is 42.4. The Morgan fingerprint density at radius 2 is 1.68 bits per heavy atom. The van der Waals surface area contributed by atoms with E-state index in [9.17, 15) is 18.0 Å². The summed E-state index contributed by atoms with van der Waals surface area (Å²) in [6.45, 7) is 0.00409. The van der Waals surface area contributed by atoms with Crippen LogP contribution in [0.1, 0.15) is 11.1 Å². The largest absolute Gasteiger partial charge is 0.416 e. The highest BCUT2D eigenvalue weighted by Crippen LogP contribution is 2.34. The molecule has 2 aliphatic rings. The van der Waals surface area contributed by atoms with Crippen LogP contribution in [0.15, 0.2) is 87.0 Å². The Balaban J connectivity index is 1.63. The van der Waals surface area contributed by atoms with Crippen molar-refractivity contribution < 1.29 is 13.2 Å². The quantitative estimate of drug-likeness (QED) is 0.196. The number of alkyl halides is 3. The maximum Gasteiger partial charge on any atom is 0.416 e. The van der Waals surface area contributed by atoms with Crippen molar-refractivity contribution in [1.82, 2.24) is 19.6 Å². The van der Waals surface area contributed by atoms with Gasteiger partial charge in [0.1, 0.15) is 5.69 Å². The van der Waals surface area contributed by atoms with E-state index in [-0.39, 0.29) is 12.2 Å². The molecule has 11 heteroatoms. The molecule has 0 N–H and O–H groups in total. The molecule has 0 atom stereocenters. The van der Waals surface area contributed by atoms with Gasteiger partial charge in [0.15, 0.2) is 5.69 Å². The van der Waals surface area contributed by atoms with Crippen LogP contribution in [0.2, 0.25) is 5.02 Å². The molecular weight excluding hydrogens is 589 g/mol. The summed E-state index contributed by atoms with van der Waals surface area (Å²) in [4.78, 5) is 14.3. The summed E-state index contributed by atoms with van der Waals surface area (Å²) in [5, 5.41) is 9.55. The van der Waals surface area contributed by atoms with E-state index in [1.54, 1.807) is 28.6 Å². The third-order valence-electron chi connectivity index (χ3n) is 5.75. The number of aromatic nitrogens is 4. The molecule has 0 unspecified atom stereocenters. The Bertz CT molecular complexity index is 1620. The van der Waals surface area contributed by atoms with Gasteiger partial charge in [0.2, 0.25) is 0 Å². The summed E-state index contributed by atoms with van der Waals surface area (Å²) in [6, 6.07) is 19.6. The number of halogens is 5. The van der Waals surface area contributed by atoms with Crippen LogP contribution in [-0.4, -0.2) is 25.8 Å². The summed E-state index contributed by atoms with van der Waals surface area (Å²) in [5.74, 6) is 0. The molecule has 0 bridgehead atoms. The number of nitrogens with zero attached hydrogens (tertiary/aromatic N) is 4. The van der Waals surface area contributed by atoms with E-state index in [1.165, 1.54) is 16.8 Å². The van der Waals surface area contributed by atoms with Gasteiger partial charge in [-0.3, -0.25) is 4.79 Å². The molecule has 188 valence electrons. The molecule has 0 spiro atoms. The van der Waals surface area contributed by atoms with E-state index in [4.69, 9.17) is 11.6 Å². The Morgan fingerprint density at radius 3 is 2.30 bits per heavy atom. The van der Waals surface area contributed by atoms with Crippen molar-refractivity contribution in [3.8, 4) is 28.3 Å². The molecule has 5 rings (SSSR count). The standard InChI is InChI=1S/C26H17BrClF3N4OS/c1-37-19-9-7-18(8-10-19)35-23(20-11-6-17(27)12-21(20)28)13-22-24(33-35)25(36)34(32-22)14-15-2-4-16(5-3-15)26(29,30)31/h2-13H,14H2,1H3. The fourth-order valence-corrected chi connectivity index (χ4v) is 5.06. The molecule has 0 radical (unpaired) electrons. The molecule has 0 saturated heterocycles. The first-order valence-electron chi connectivity index (χ1n) is 10.9. The lowest BCUT2D eigenvalue weighted by atomic mass is 10.1. The van der Waals surface area contributed by atoms with Gasteiger partial charge in [-0.25, -0.2) is 9.36 Å². The van der Waals surface area contributed by atoms with Crippen molar-refractivity contribution in [3.63, 3.8) is 0 Å². The minimum atomic E-state index is -4.43. The fourth-order valence-electron chi connectivity index (χ4n) is 3.88. The monoisotopic (exact) mass is 604 g/mol. The maximum absolute atomic E-state index is 13.2. The highest BCUT2D eigenvalue weighted by molar-refractivity contribution is 9.10. The van der Waals surface area contributed by atoms with Crippen molar-refractivity contribution in [3.05, 3.63) is 104 Å². The second kappa shape index (κ2) is 10.00. The van der Waals surface area contributed by atoms with Gasteiger partial charge < -0.3 is 0 Å². The lowest BCUT2D eigenvalue weighted by molar-refractivity contribution is -0.137. The van der Waals surface area contributed by atoms with E-state index in [0.29, 0.717) is 27.5 Å². The number of rotatable bonds is 5. The zero-order valence-corrected chi connectivity index (χ0v) is 22.3. The first-order chi connectivity index (χ1) is 17.6. The molecule has 0 aliphatic carbocycles. The zero-order chi connectivity index (χ0) is 26.3. The predicted molar refractivity (Wildman–Crippen MR) is 143 cm³/mol. The molecule has 3 aromatic rings.